The maximum atomic E-state index is 12.7. The lowest BCUT2D eigenvalue weighted by Gasteiger charge is -2.20. The van der Waals surface area contributed by atoms with Gasteiger partial charge in [0.25, 0.3) is 0 Å². The summed E-state index contributed by atoms with van der Waals surface area (Å²) in [4.78, 5) is 20.6. The lowest BCUT2D eigenvalue weighted by atomic mass is 10.2. The number of aryl methyl sites for hydroxylation is 1. The Hall–Kier alpha value is -2.30. The van der Waals surface area contributed by atoms with Crippen LogP contribution in [0.15, 0.2) is 36.7 Å². The van der Waals surface area contributed by atoms with Crippen molar-refractivity contribution >= 4 is 17.5 Å². The number of hydrogen-bond acceptors (Lipinski definition) is 2. The van der Waals surface area contributed by atoms with Crippen molar-refractivity contribution in [1.82, 2.24) is 9.55 Å². The number of para-hydroxylation sites is 1. The Morgan fingerprint density at radius 1 is 1.25 bits per heavy atom. The Kier molecular flexibility index (Phi) is 2.97. The third kappa shape index (κ3) is 1.86. The highest BCUT2D eigenvalue weighted by atomic mass is 16.2. The summed E-state index contributed by atoms with van der Waals surface area (Å²) in [5.41, 5.74) is 1.93. The second-order valence-corrected chi connectivity index (χ2v) is 5.21. The second-order valence-electron chi connectivity index (χ2n) is 5.21. The van der Waals surface area contributed by atoms with E-state index in [9.17, 15) is 4.79 Å². The molecule has 1 atom stereocenters. The maximum absolute atomic E-state index is 12.7. The van der Waals surface area contributed by atoms with Crippen LogP contribution in [0.4, 0.5) is 16.3 Å². The molecule has 2 aromatic rings. The molecule has 5 heteroatoms. The van der Waals surface area contributed by atoms with E-state index in [1.165, 1.54) is 0 Å². The molecule has 0 N–H and O–H groups in total. The monoisotopic (exact) mass is 270 g/mol. The highest BCUT2D eigenvalue weighted by molar-refractivity contribution is 6.06. The van der Waals surface area contributed by atoms with Crippen LogP contribution in [0.3, 0.4) is 0 Å². The van der Waals surface area contributed by atoms with Crippen LogP contribution in [0.1, 0.15) is 12.6 Å². The molecule has 2 amide bonds. The summed E-state index contributed by atoms with van der Waals surface area (Å²) in [6.07, 6.45) is 1.74. The molecule has 1 unspecified atom stereocenters. The van der Waals surface area contributed by atoms with Crippen LogP contribution in [-0.2, 0) is 7.05 Å². The minimum absolute atomic E-state index is 0.00880. The van der Waals surface area contributed by atoms with Crippen LogP contribution in [0.2, 0.25) is 0 Å². The smallest absolute Gasteiger partial charge is 0.330 e. The lowest BCUT2D eigenvalue weighted by Crippen LogP contribution is -2.34. The van der Waals surface area contributed by atoms with E-state index in [0.29, 0.717) is 6.54 Å². The molecule has 104 valence electrons. The molecule has 1 aliphatic rings. The van der Waals surface area contributed by atoms with Crippen LogP contribution in [0.25, 0.3) is 0 Å². The van der Waals surface area contributed by atoms with Crippen LogP contribution in [-0.4, -0.2) is 28.2 Å². The molecule has 2 heterocycles. The summed E-state index contributed by atoms with van der Waals surface area (Å²) >= 11 is 0. The fraction of sp³-hybridized carbons (Fsp3) is 0.333. The first kappa shape index (κ1) is 12.7. The van der Waals surface area contributed by atoms with Crippen molar-refractivity contribution in [3.63, 3.8) is 0 Å². The van der Waals surface area contributed by atoms with E-state index >= 15 is 0 Å². The zero-order chi connectivity index (χ0) is 14.3. The lowest BCUT2D eigenvalue weighted by molar-refractivity contribution is 0.255. The Bertz CT molecular complexity index is 635. The predicted octanol–water partition coefficient (Wildman–Crippen LogP) is 2.56. The Morgan fingerprint density at radius 2 is 1.95 bits per heavy atom. The largest absolute Gasteiger partial charge is 0.336 e. The summed E-state index contributed by atoms with van der Waals surface area (Å²) in [7, 11) is 1.94. The molecular formula is C15H18N4O. The highest BCUT2D eigenvalue weighted by Crippen LogP contribution is 2.29. The number of amides is 2. The molecule has 3 rings (SSSR count). The predicted molar refractivity (Wildman–Crippen MR) is 79.1 cm³/mol. The topological polar surface area (TPSA) is 41.4 Å². The maximum Gasteiger partial charge on any atom is 0.330 e. The van der Waals surface area contributed by atoms with Gasteiger partial charge in [0.2, 0.25) is 0 Å². The average molecular weight is 270 g/mol. The zero-order valence-electron chi connectivity index (χ0n) is 11.9. The van der Waals surface area contributed by atoms with E-state index in [2.05, 4.69) is 11.9 Å². The minimum Gasteiger partial charge on any atom is -0.336 e. The van der Waals surface area contributed by atoms with Gasteiger partial charge in [0.1, 0.15) is 0 Å². The molecule has 1 saturated heterocycles. The van der Waals surface area contributed by atoms with Gasteiger partial charge in [0.05, 0.1) is 18.1 Å². The van der Waals surface area contributed by atoms with Gasteiger partial charge >= 0.3 is 6.03 Å². The van der Waals surface area contributed by atoms with Gasteiger partial charge in [-0.15, -0.1) is 0 Å². The number of aromatic nitrogens is 2. The number of urea groups is 1. The third-order valence-electron chi connectivity index (χ3n) is 3.82. The number of carbonyl (C=O) groups excluding carboxylic acids is 1. The highest BCUT2D eigenvalue weighted by Gasteiger charge is 2.38. The van der Waals surface area contributed by atoms with Crippen LogP contribution in [0.5, 0.6) is 0 Å². The normalized spacial score (nSPS) is 18.9. The van der Waals surface area contributed by atoms with Crippen LogP contribution in [0, 0.1) is 6.92 Å². The molecule has 5 nitrogen and oxygen atoms in total. The number of anilines is 2. The van der Waals surface area contributed by atoms with E-state index in [4.69, 9.17) is 0 Å². The van der Waals surface area contributed by atoms with Gasteiger partial charge in [0.15, 0.2) is 5.82 Å². The molecule has 0 aliphatic carbocycles. The number of rotatable bonds is 2. The second kappa shape index (κ2) is 4.67. The van der Waals surface area contributed by atoms with Crippen LogP contribution < -0.4 is 9.80 Å². The summed E-state index contributed by atoms with van der Waals surface area (Å²) in [6, 6.07) is 9.90. The van der Waals surface area contributed by atoms with Gasteiger partial charge in [-0.1, -0.05) is 18.2 Å². The van der Waals surface area contributed by atoms with Crippen molar-refractivity contribution in [2.45, 2.75) is 19.9 Å². The number of nitrogens with zero attached hydrogens (tertiary/aromatic N) is 4. The first-order valence-corrected chi connectivity index (χ1v) is 6.73. The number of hydrogen-bond donors (Lipinski definition) is 0. The Labute approximate surface area is 118 Å². The molecule has 0 saturated carbocycles. The number of imidazole rings is 1. The van der Waals surface area contributed by atoms with Gasteiger partial charge in [-0.05, 0) is 26.0 Å². The van der Waals surface area contributed by atoms with Gasteiger partial charge in [0, 0.05) is 19.3 Å². The quantitative estimate of drug-likeness (QED) is 0.841. The molecule has 0 spiro atoms. The third-order valence-corrected chi connectivity index (χ3v) is 3.82. The van der Waals surface area contributed by atoms with Gasteiger partial charge < -0.3 is 4.57 Å². The number of carbonyl (C=O) groups is 1. The van der Waals surface area contributed by atoms with Crippen molar-refractivity contribution in [3.05, 3.63) is 42.4 Å². The number of benzene rings is 1. The molecule has 1 aliphatic heterocycles. The summed E-state index contributed by atoms with van der Waals surface area (Å²) in [5, 5.41) is 0. The van der Waals surface area contributed by atoms with Gasteiger partial charge in [-0.3, -0.25) is 9.80 Å². The molecule has 1 aromatic heterocycles. The molecular weight excluding hydrogens is 252 g/mol. The molecule has 0 bridgehead atoms. The average Bonchev–Trinajstić information content (AvgIpc) is 2.92. The van der Waals surface area contributed by atoms with Crippen molar-refractivity contribution < 1.29 is 4.79 Å². The van der Waals surface area contributed by atoms with E-state index in [1.807, 2.05) is 53.8 Å². The SMILES string of the molecule is Cc1c(N2CC(C)N(c3ccccc3)C2=O)ncn1C. The van der Waals surface area contributed by atoms with Gasteiger partial charge in [-0.2, -0.15) is 0 Å². The molecule has 1 aromatic carbocycles. The minimum atomic E-state index is -0.00880. The fourth-order valence-electron chi connectivity index (χ4n) is 2.62. The van der Waals surface area contributed by atoms with Crippen molar-refractivity contribution in [1.29, 1.82) is 0 Å². The van der Waals surface area contributed by atoms with Crippen molar-refractivity contribution in [2.75, 3.05) is 16.3 Å². The van der Waals surface area contributed by atoms with Crippen LogP contribution >= 0.6 is 0 Å². The summed E-state index contributed by atoms with van der Waals surface area (Å²) in [6.45, 7) is 4.69. The van der Waals surface area contributed by atoms with E-state index in [-0.39, 0.29) is 12.1 Å². The van der Waals surface area contributed by atoms with E-state index < -0.39 is 0 Å². The fourth-order valence-corrected chi connectivity index (χ4v) is 2.62. The van der Waals surface area contributed by atoms with Crippen molar-refractivity contribution in [3.8, 4) is 0 Å². The summed E-state index contributed by atoms with van der Waals surface area (Å²) in [5.74, 6) is 0.753. The van der Waals surface area contributed by atoms with E-state index in [0.717, 1.165) is 17.2 Å². The van der Waals surface area contributed by atoms with Gasteiger partial charge in [-0.25, -0.2) is 9.78 Å². The summed E-state index contributed by atoms with van der Waals surface area (Å²) < 4.78 is 1.93. The standard InChI is InChI=1S/C15H18N4O/c1-11-9-18(14-12(2)17(3)10-16-14)15(20)19(11)13-7-5-4-6-8-13/h4-8,10-11H,9H2,1-3H3. The van der Waals surface area contributed by atoms with E-state index in [1.54, 1.807) is 11.2 Å². The molecule has 20 heavy (non-hydrogen) atoms. The molecule has 1 fully saturated rings. The Morgan fingerprint density at radius 3 is 2.55 bits per heavy atom. The Balaban J connectivity index is 1.95. The molecule has 0 radical (unpaired) electrons. The zero-order valence-corrected chi connectivity index (χ0v) is 11.9. The van der Waals surface area contributed by atoms with Crippen molar-refractivity contribution in [2.24, 2.45) is 7.05 Å². The first-order chi connectivity index (χ1) is 9.59. The first-order valence-electron chi connectivity index (χ1n) is 6.73.